The summed E-state index contributed by atoms with van der Waals surface area (Å²) in [5.41, 5.74) is 2.37. The second-order valence-corrected chi connectivity index (χ2v) is 5.52. The Bertz CT molecular complexity index is 816. The minimum Gasteiger partial charge on any atom is -0.389 e. The molecule has 0 spiro atoms. The van der Waals surface area contributed by atoms with Gasteiger partial charge in [0.1, 0.15) is 11.6 Å². The zero-order valence-corrected chi connectivity index (χ0v) is 14.2. The van der Waals surface area contributed by atoms with E-state index in [1.165, 1.54) is 22.0 Å². The van der Waals surface area contributed by atoms with Crippen molar-refractivity contribution in [3.63, 3.8) is 0 Å². The number of nitrogens with zero attached hydrogens (tertiary/aromatic N) is 2. The minimum atomic E-state index is -0.332. The zero-order chi connectivity index (χ0) is 18.1. The summed E-state index contributed by atoms with van der Waals surface area (Å²) >= 11 is 0. The van der Waals surface area contributed by atoms with E-state index in [0.29, 0.717) is 19.6 Å². The van der Waals surface area contributed by atoms with Gasteiger partial charge in [0.25, 0.3) is 5.91 Å². The number of fused-ring (bicyclic) bond motifs is 1. The number of para-hydroxylation sites is 1. The van der Waals surface area contributed by atoms with Crippen LogP contribution in [0.1, 0.15) is 5.56 Å². The van der Waals surface area contributed by atoms with Crippen molar-refractivity contribution >= 4 is 16.8 Å². The Morgan fingerprint density at radius 1 is 1.28 bits per heavy atom. The van der Waals surface area contributed by atoms with E-state index < -0.39 is 0 Å². The van der Waals surface area contributed by atoms with Crippen LogP contribution in [0.25, 0.3) is 10.9 Å². The van der Waals surface area contributed by atoms with Crippen molar-refractivity contribution in [1.29, 1.82) is 5.26 Å². The molecule has 2 N–H and O–H groups in total. The summed E-state index contributed by atoms with van der Waals surface area (Å²) in [7, 11) is 0. The molecule has 1 aromatic heterocycles. The van der Waals surface area contributed by atoms with E-state index in [-0.39, 0.29) is 11.5 Å². The molecule has 0 saturated heterocycles. The smallest absolute Gasteiger partial charge is 0.266 e. The number of rotatable bonds is 9. The van der Waals surface area contributed by atoms with Crippen LogP contribution in [-0.2, 0) is 11.2 Å². The highest BCUT2D eigenvalue weighted by Gasteiger charge is 2.15. The fraction of sp³-hybridized carbons (Fsp3) is 0.200. The second kappa shape index (κ2) is 9.14. The maximum atomic E-state index is 12.3. The van der Waals surface area contributed by atoms with Gasteiger partial charge in [0.05, 0.1) is 0 Å². The molecule has 128 valence electrons. The summed E-state index contributed by atoms with van der Waals surface area (Å²) in [4.78, 5) is 17.1. The lowest BCUT2D eigenvalue weighted by Gasteiger charge is -2.18. The van der Waals surface area contributed by atoms with Crippen molar-refractivity contribution in [1.82, 2.24) is 15.2 Å². The molecular weight excluding hydrogens is 312 g/mol. The molecule has 25 heavy (non-hydrogen) atoms. The van der Waals surface area contributed by atoms with Crippen LogP contribution in [0.3, 0.4) is 0 Å². The van der Waals surface area contributed by atoms with Gasteiger partial charge in [-0.25, -0.2) is 0 Å². The maximum absolute atomic E-state index is 12.3. The molecule has 1 amide bonds. The monoisotopic (exact) mass is 334 g/mol. The number of H-pyrrole nitrogens is 1. The van der Waals surface area contributed by atoms with E-state index in [0.717, 1.165) is 11.9 Å². The van der Waals surface area contributed by atoms with Crippen LogP contribution < -0.4 is 5.32 Å². The Balaban J connectivity index is 1.96. The molecule has 0 unspecified atom stereocenters. The first-order chi connectivity index (χ1) is 12.2. The molecule has 5 heteroatoms. The summed E-state index contributed by atoms with van der Waals surface area (Å²) < 4.78 is 0. The largest absolute Gasteiger partial charge is 0.389 e. The molecule has 0 radical (unpaired) electrons. The number of nitriles is 1. The van der Waals surface area contributed by atoms with Crippen LogP contribution in [0.5, 0.6) is 0 Å². The van der Waals surface area contributed by atoms with Gasteiger partial charge < -0.3 is 15.2 Å². The van der Waals surface area contributed by atoms with E-state index in [2.05, 4.69) is 29.5 Å². The van der Waals surface area contributed by atoms with Crippen molar-refractivity contribution in [3.05, 3.63) is 73.1 Å². The first kappa shape index (κ1) is 18.1. The average molecular weight is 334 g/mol. The fourth-order valence-corrected chi connectivity index (χ4v) is 2.58. The molecule has 0 bridgehead atoms. The third-order valence-corrected chi connectivity index (χ3v) is 3.80. The number of carbonyl (C=O) groups is 1. The number of aromatic amines is 1. The maximum Gasteiger partial charge on any atom is 0.266 e. The van der Waals surface area contributed by atoms with Gasteiger partial charge in [-0.2, -0.15) is 5.26 Å². The molecule has 5 nitrogen and oxygen atoms in total. The van der Waals surface area contributed by atoms with E-state index in [9.17, 15) is 10.1 Å². The van der Waals surface area contributed by atoms with Crippen molar-refractivity contribution in [2.24, 2.45) is 0 Å². The highest BCUT2D eigenvalue weighted by Crippen LogP contribution is 2.17. The number of aromatic nitrogens is 1. The topological polar surface area (TPSA) is 71.9 Å². The van der Waals surface area contributed by atoms with Crippen LogP contribution in [0.4, 0.5) is 0 Å². The third-order valence-electron chi connectivity index (χ3n) is 3.80. The lowest BCUT2D eigenvalue weighted by atomic mass is 10.1. The summed E-state index contributed by atoms with van der Waals surface area (Å²) in [6, 6.07) is 10.1. The van der Waals surface area contributed by atoms with Crippen LogP contribution in [0.15, 0.2) is 67.5 Å². The quantitative estimate of drug-likeness (QED) is 0.320. The van der Waals surface area contributed by atoms with Gasteiger partial charge in [-0.15, -0.1) is 13.2 Å². The number of nitrogens with one attached hydrogen (secondary N) is 2. The van der Waals surface area contributed by atoms with Gasteiger partial charge in [-0.1, -0.05) is 30.4 Å². The highest BCUT2D eigenvalue weighted by molar-refractivity contribution is 5.97. The zero-order valence-electron chi connectivity index (χ0n) is 14.2. The molecule has 1 aromatic carbocycles. The summed E-state index contributed by atoms with van der Waals surface area (Å²) in [6.07, 6.45) is 7.51. The molecule has 0 aliphatic heterocycles. The summed E-state index contributed by atoms with van der Waals surface area (Å²) in [5, 5.41) is 13.5. The van der Waals surface area contributed by atoms with E-state index >= 15 is 0 Å². The van der Waals surface area contributed by atoms with Gasteiger partial charge in [0.15, 0.2) is 0 Å². The SMILES string of the molecule is C=CCN(CC=C)C(=O)/C(C#N)=C\NCCc1c[nH]c2ccccc12. The molecular formula is C20H22N4O. The standard InChI is InChI=1S/C20H22N4O/c1-3-11-24(12-4-2)20(25)17(13-21)14-22-10-9-16-15-23-19-8-6-5-7-18(16)19/h3-8,14-15,22-23H,1-2,9-12H2/b17-14-. The Morgan fingerprint density at radius 3 is 2.68 bits per heavy atom. The molecule has 2 aromatic rings. The van der Waals surface area contributed by atoms with Gasteiger partial charge >= 0.3 is 0 Å². The number of hydrogen-bond acceptors (Lipinski definition) is 3. The lowest BCUT2D eigenvalue weighted by molar-refractivity contribution is -0.125. The summed E-state index contributed by atoms with van der Waals surface area (Å²) in [5.74, 6) is -0.332. The third kappa shape index (κ3) is 4.61. The van der Waals surface area contributed by atoms with Gasteiger partial charge in [-0.05, 0) is 18.1 Å². The van der Waals surface area contributed by atoms with E-state index in [1.54, 1.807) is 12.2 Å². The first-order valence-electron chi connectivity index (χ1n) is 8.11. The highest BCUT2D eigenvalue weighted by atomic mass is 16.2. The van der Waals surface area contributed by atoms with Crippen LogP contribution in [0.2, 0.25) is 0 Å². The van der Waals surface area contributed by atoms with Gasteiger partial charge in [0.2, 0.25) is 0 Å². The minimum absolute atomic E-state index is 0.0719. The molecule has 0 saturated carbocycles. The number of hydrogen-bond donors (Lipinski definition) is 2. The molecule has 2 rings (SSSR count). The second-order valence-electron chi connectivity index (χ2n) is 5.52. The van der Waals surface area contributed by atoms with Crippen LogP contribution >= 0.6 is 0 Å². The number of benzene rings is 1. The fourth-order valence-electron chi connectivity index (χ4n) is 2.58. The van der Waals surface area contributed by atoms with Gasteiger partial charge in [-0.3, -0.25) is 4.79 Å². The van der Waals surface area contributed by atoms with Gasteiger partial charge in [0, 0.05) is 42.9 Å². The first-order valence-corrected chi connectivity index (χ1v) is 8.11. The van der Waals surface area contributed by atoms with Crippen molar-refractivity contribution in [3.8, 4) is 6.07 Å². The normalized spacial score (nSPS) is 10.9. The van der Waals surface area contributed by atoms with Crippen LogP contribution in [0, 0.1) is 11.3 Å². The predicted octanol–water partition coefficient (Wildman–Crippen LogP) is 2.91. The van der Waals surface area contributed by atoms with Crippen LogP contribution in [-0.4, -0.2) is 35.4 Å². The van der Waals surface area contributed by atoms with E-state index in [1.807, 2.05) is 30.5 Å². The average Bonchev–Trinajstić information content (AvgIpc) is 3.04. The Morgan fingerprint density at radius 2 is 2.00 bits per heavy atom. The summed E-state index contributed by atoms with van der Waals surface area (Å²) in [6.45, 7) is 8.64. The van der Waals surface area contributed by atoms with Crippen molar-refractivity contribution in [2.45, 2.75) is 6.42 Å². The van der Waals surface area contributed by atoms with Crippen molar-refractivity contribution in [2.75, 3.05) is 19.6 Å². The van der Waals surface area contributed by atoms with E-state index in [4.69, 9.17) is 0 Å². The van der Waals surface area contributed by atoms with Crippen molar-refractivity contribution < 1.29 is 4.79 Å². The number of carbonyl (C=O) groups excluding carboxylic acids is 1. The molecule has 0 aliphatic carbocycles. The lowest BCUT2D eigenvalue weighted by Crippen LogP contribution is -2.32. The molecule has 0 aliphatic rings. The molecule has 0 fully saturated rings. The Kier molecular flexibility index (Phi) is 6.61. The predicted molar refractivity (Wildman–Crippen MR) is 101 cm³/mol. The number of amides is 1. The Hall–Kier alpha value is -3.26. The molecule has 1 heterocycles. The Labute approximate surface area is 147 Å². The molecule has 0 atom stereocenters.